The fourth-order valence-electron chi connectivity index (χ4n) is 1.93. The van der Waals surface area contributed by atoms with Crippen molar-refractivity contribution in [1.82, 2.24) is 4.31 Å². The van der Waals surface area contributed by atoms with Crippen molar-refractivity contribution in [2.45, 2.75) is 11.4 Å². The molecule has 0 saturated carbocycles. The molecule has 0 aliphatic rings. The summed E-state index contributed by atoms with van der Waals surface area (Å²) in [5.74, 6) is -1.21. The van der Waals surface area contributed by atoms with Gasteiger partial charge in [-0.05, 0) is 23.8 Å². The van der Waals surface area contributed by atoms with Crippen LogP contribution >= 0.6 is 11.6 Å². The Morgan fingerprint density at radius 3 is 2.41 bits per heavy atom. The van der Waals surface area contributed by atoms with Crippen molar-refractivity contribution in [3.8, 4) is 0 Å². The molecule has 0 bridgehead atoms. The van der Waals surface area contributed by atoms with Gasteiger partial charge < -0.3 is 5.11 Å². The first-order chi connectivity index (χ1) is 10.3. The van der Waals surface area contributed by atoms with Crippen molar-refractivity contribution >= 4 is 27.6 Å². The van der Waals surface area contributed by atoms with Crippen LogP contribution in [0.1, 0.15) is 15.9 Å². The summed E-state index contributed by atoms with van der Waals surface area (Å²) < 4.78 is 26.3. The molecule has 2 aromatic rings. The van der Waals surface area contributed by atoms with Gasteiger partial charge in [0.15, 0.2) is 0 Å². The molecule has 22 heavy (non-hydrogen) atoms. The first kappa shape index (κ1) is 16.5. The van der Waals surface area contributed by atoms with Gasteiger partial charge in [-0.25, -0.2) is 13.2 Å². The van der Waals surface area contributed by atoms with Gasteiger partial charge in [0, 0.05) is 13.6 Å². The maximum absolute atomic E-state index is 12.6. The second-order valence-corrected chi connectivity index (χ2v) is 7.12. The van der Waals surface area contributed by atoms with E-state index in [1.54, 1.807) is 12.1 Å². The largest absolute Gasteiger partial charge is 0.478 e. The second-order valence-electron chi connectivity index (χ2n) is 4.70. The summed E-state index contributed by atoms with van der Waals surface area (Å²) in [7, 11) is -2.46. The summed E-state index contributed by atoms with van der Waals surface area (Å²) in [4.78, 5) is 10.8. The number of sulfonamides is 1. The molecule has 0 fully saturated rings. The zero-order valence-electron chi connectivity index (χ0n) is 11.7. The van der Waals surface area contributed by atoms with Gasteiger partial charge in [-0.1, -0.05) is 41.9 Å². The van der Waals surface area contributed by atoms with E-state index < -0.39 is 16.0 Å². The standard InChI is InChI=1S/C15H14ClNO4S/c1-17(10-11-5-3-2-4-6-11)22(20,21)14-9-12(15(18)19)7-8-13(14)16/h2-9H,10H2,1H3,(H,18,19). The molecule has 0 saturated heterocycles. The quantitative estimate of drug-likeness (QED) is 0.909. The molecule has 116 valence electrons. The van der Waals surface area contributed by atoms with E-state index in [4.69, 9.17) is 16.7 Å². The lowest BCUT2D eigenvalue weighted by atomic mass is 10.2. The minimum atomic E-state index is -3.89. The molecule has 0 aliphatic heterocycles. The van der Waals surface area contributed by atoms with E-state index in [0.29, 0.717) is 0 Å². The Kier molecular flexibility index (Phi) is 4.85. The molecule has 2 aromatic carbocycles. The Labute approximate surface area is 133 Å². The molecule has 0 radical (unpaired) electrons. The van der Waals surface area contributed by atoms with E-state index in [1.165, 1.54) is 19.2 Å². The van der Waals surface area contributed by atoms with E-state index in [2.05, 4.69) is 0 Å². The lowest BCUT2D eigenvalue weighted by molar-refractivity contribution is 0.0696. The third-order valence-corrected chi connectivity index (χ3v) is 5.40. The molecule has 2 rings (SSSR count). The number of benzene rings is 2. The highest BCUT2D eigenvalue weighted by Crippen LogP contribution is 2.26. The highest BCUT2D eigenvalue weighted by molar-refractivity contribution is 7.89. The van der Waals surface area contributed by atoms with Gasteiger partial charge in [0.2, 0.25) is 10.0 Å². The predicted octanol–water partition coefficient (Wildman–Crippen LogP) is 2.86. The summed E-state index contributed by atoms with van der Waals surface area (Å²) >= 11 is 5.93. The summed E-state index contributed by atoms with van der Waals surface area (Å²) in [5, 5.41) is 8.98. The molecule has 5 nitrogen and oxygen atoms in total. The smallest absolute Gasteiger partial charge is 0.335 e. The van der Waals surface area contributed by atoms with Crippen LogP contribution in [0.25, 0.3) is 0 Å². The number of carboxylic acid groups (broad SMARTS) is 1. The minimum Gasteiger partial charge on any atom is -0.478 e. The summed E-state index contributed by atoms with van der Waals surface area (Å²) in [6.07, 6.45) is 0. The predicted molar refractivity (Wildman–Crippen MR) is 83.5 cm³/mol. The van der Waals surface area contributed by atoms with Gasteiger partial charge in [-0.2, -0.15) is 4.31 Å². The SMILES string of the molecule is CN(Cc1ccccc1)S(=O)(=O)c1cc(C(=O)O)ccc1Cl. The maximum Gasteiger partial charge on any atom is 0.335 e. The number of carboxylic acids is 1. The molecule has 0 heterocycles. The number of aromatic carboxylic acids is 1. The van der Waals surface area contributed by atoms with Crippen molar-refractivity contribution in [3.05, 3.63) is 64.7 Å². The van der Waals surface area contributed by atoms with Gasteiger partial charge in [0.05, 0.1) is 10.6 Å². The fraction of sp³-hybridized carbons (Fsp3) is 0.133. The lowest BCUT2D eigenvalue weighted by Crippen LogP contribution is -2.27. The molecule has 0 atom stereocenters. The van der Waals surface area contributed by atoms with Crippen LogP contribution in [0.5, 0.6) is 0 Å². The van der Waals surface area contributed by atoms with Crippen LogP contribution in [0.3, 0.4) is 0 Å². The van der Waals surface area contributed by atoms with E-state index in [0.717, 1.165) is 15.9 Å². The summed E-state index contributed by atoms with van der Waals surface area (Å²) in [5.41, 5.74) is 0.690. The number of hydrogen-bond acceptors (Lipinski definition) is 3. The van der Waals surface area contributed by atoms with Crippen LogP contribution in [0.15, 0.2) is 53.4 Å². The Morgan fingerprint density at radius 2 is 1.82 bits per heavy atom. The molecule has 7 heteroatoms. The Balaban J connectivity index is 2.37. The number of carbonyl (C=O) groups is 1. The highest BCUT2D eigenvalue weighted by Gasteiger charge is 2.25. The lowest BCUT2D eigenvalue weighted by Gasteiger charge is -2.18. The van der Waals surface area contributed by atoms with Crippen molar-refractivity contribution in [2.75, 3.05) is 7.05 Å². The van der Waals surface area contributed by atoms with Crippen LogP contribution in [0.2, 0.25) is 5.02 Å². The van der Waals surface area contributed by atoms with Crippen molar-refractivity contribution in [1.29, 1.82) is 0 Å². The zero-order valence-corrected chi connectivity index (χ0v) is 13.3. The molecule has 0 spiro atoms. The zero-order chi connectivity index (χ0) is 16.3. The van der Waals surface area contributed by atoms with Crippen molar-refractivity contribution in [2.24, 2.45) is 0 Å². The molecule has 0 unspecified atom stereocenters. The second kappa shape index (κ2) is 6.48. The topological polar surface area (TPSA) is 74.7 Å². The Morgan fingerprint density at radius 1 is 1.18 bits per heavy atom. The van der Waals surface area contributed by atoms with Crippen LogP contribution in [-0.2, 0) is 16.6 Å². The van der Waals surface area contributed by atoms with Crippen molar-refractivity contribution < 1.29 is 18.3 Å². The van der Waals surface area contributed by atoms with Gasteiger partial charge >= 0.3 is 5.97 Å². The van der Waals surface area contributed by atoms with Crippen molar-refractivity contribution in [3.63, 3.8) is 0 Å². The van der Waals surface area contributed by atoms with Crippen LogP contribution in [0, 0.1) is 0 Å². The minimum absolute atomic E-state index is 0.00934. The molecule has 0 aromatic heterocycles. The van der Waals surface area contributed by atoms with Crippen LogP contribution < -0.4 is 0 Å². The maximum atomic E-state index is 12.6. The van der Waals surface area contributed by atoms with E-state index in [9.17, 15) is 13.2 Å². The van der Waals surface area contributed by atoms with Crippen LogP contribution in [-0.4, -0.2) is 30.8 Å². The third-order valence-electron chi connectivity index (χ3n) is 3.11. The number of hydrogen-bond donors (Lipinski definition) is 1. The van der Waals surface area contributed by atoms with Crippen LogP contribution in [0.4, 0.5) is 0 Å². The Hall–Kier alpha value is -1.89. The molecular weight excluding hydrogens is 326 g/mol. The number of rotatable bonds is 5. The van der Waals surface area contributed by atoms with E-state index >= 15 is 0 Å². The summed E-state index contributed by atoms with van der Waals surface area (Å²) in [6.45, 7) is 0.163. The average Bonchev–Trinajstić information content (AvgIpc) is 2.48. The molecule has 1 N–H and O–H groups in total. The third kappa shape index (κ3) is 3.47. The van der Waals surface area contributed by atoms with Gasteiger partial charge in [-0.3, -0.25) is 0 Å². The number of halogens is 1. The normalized spacial score (nSPS) is 11.6. The molecule has 0 aliphatic carbocycles. The average molecular weight is 340 g/mol. The summed E-state index contributed by atoms with van der Waals surface area (Å²) in [6, 6.07) is 12.7. The first-order valence-corrected chi connectivity index (χ1v) is 8.17. The van der Waals surface area contributed by atoms with E-state index in [1.807, 2.05) is 18.2 Å². The highest BCUT2D eigenvalue weighted by atomic mass is 35.5. The van der Waals surface area contributed by atoms with E-state index in [-0.39, 0.29) is 22.0 Å². The monoisotopic (exact) mass is 339 g/mol. The number of nitrogens with zero attached hydrogens (tertiary/aromatic N) is 1. The first-order valence-electron chi connectivity index (χ1n) is 6.35. The molecular formula is C15H14ClNO4S. The molecule has 0 amide bonds. The van der Waals surface area contributed by atoms with Gasteiger partial charge in [-0.15, -0.1) is 0 Å². The fourth-order valence-corrected chi connectivity index (χ4v) is 3.58. The van der Waals surface area contributed by atoms with Gasteiger partial charge in [0.1, 0.15) is 4.90 Å². The Bertz CT molecular complexity index is 790. The van der Waals surface area contributed by atoms with Gasteiger partial charge in [0.25, 0.3) is 0 Å².